The highest BCUT2D eigenvalue weighted by molar-refractivity contribution is 5.67. The second-order valence-corrected chi connectivity index (χ2v) is 4.19. The fraction of sp³-hybridized carbons (Fsp3) is 0.286. The molecule has 5 N–H and O–H groups in total. The molecule has 112 valence electrons. The summed E-state index contributed by atoms with van der Waals surface area (Å²) in [6.07, 6.45) is 0. The molecule has 1 aromatic heterocycles. The molecular formula is C14H19N5O2. The highest BCUT2D eigenvalue weighted by atomic mass is 16.5. The Morgan fingerprint density at radius 3 is 2.48 bits per heavy atom. The smallest absolute Gasteiger partial charge is 0.223 e. The van der Waals surface area contributed by atoms with Gasteiger partial charge in [0.2, 0.25) is 5.95 Å². The molecule has 2 aromatic rings. The van der Waals surface area contributed by atoms with Gasteiger partial charge in [-0.15, -0.1) is 0 Å². The fourth-order valence-corrected chi connectivity index (χ4v) is 1.83. The van der Waals surface area contributed by atoms with Crippen LogP contribution in [-0.4, -0.2) is 23.2 Å². The van der Waals surface area contributed by atoms with Gasteiger partial charge in [-0.3, -0.25) is 0 Å². The second-order valence-electron chi connectivity index (χ2n) is 4.19. The van der Waals surface area contributed by atoms with Crippen molar-refractivity contribution in [3.8, 4) is 11.5 Å². The number of rotatable bonds is 6. The number of nitrogen functional groups attached to an aromatic ring is 2. The minimum absolute atomic E-state index is 0.108. The standard InChI is InChI=1S/C14H19N5O2/c1-3-20-9-5-6-11(21-4-2)10(7-9)17-13-8-12(15)18-14(16)19-13/h5-8H,3-4H2,1-2H3,(H5,15,16,17,18,19). The van der Waals surface area contributed by atoms with Crippen LogP contribution in [0.15, 0.2) is 24.3 Å². The van der Waals surface area contributed by atoms with E-state index < -0.39 is 0 Å². The molecule has 0 bridgehead atoms. The molecule has 1 heterocycles. The van der Waals surface area contributed by atoms with Crippen LogP contribution in [-0.2, 0) is 0 Å². The predicted octanol–water partition coefficient (Wildman–Crippen LogP) is 2.18. The van der Waals surface area contributed by atoms with Gasteiger partial charge in [0.05, 0.1) is 18.9 Å². The molecule has 0 atom stereocenters. The van der Waals surface area contributed by atoms with Gasteiger partial charge in [-0.1, -0.05) is 0 Å². The Balaban J connectivity index is 2.32. The van der Waals surface area contributed by atoms with E-state index in [1.807, 2.05) is 32.0 Å². The predicted molar refractivity (Wildman–Crippen MR) is 82.9 cm³/mol. The van der Waals surface area contributed by atoms with Crippen molar-refractivity contribution in [2.75, 3.05) is 30.0 Å². The zero-order valence-corrected chi connectivity index (χ0v) is 12.1. The Morgan fingerprint density at radius 2 is 1.81 bits per heavy atom. The highest BCUT2D eigenvalue weighted by Gasteiger charge is 2.08. The van der Waals surface area contributed by atoms with Crippen molar-refractivity contribution in [2.24, 2.45) is 0 Å². The molecule has 0 aliphatic rings. The van der Waals surface area contributed by atoms with Crippen LogP contribution in [0.25, 0.3) is 0 Å². The first-order valence-electron chi connectivity index (χ1n) is 6.69. The summed E-state index contributed by atoms with van der Waals surface area (Å²) in [6, 6.07) is 7.12. The first kappa shape index (κ1) is 14.7. The van der Waals surface area contributed by atoms with Gasteiger partial charge in [0.1, 0.15) is 23.1 Å². The van der Waals surface area contributed by atoms with Crippen molar-refractivity contribution in [2.45, 2.75) is 13.8 Å². The maximum atomic E-state index is 5.66. The lowest BCUT2D eigenvalue weighted by molar-refractivity contribution is 0.332. The van der Waals surface area contributed by atoms with Crippen LogP contribution in [0.3, 0.4) is 0 Å². The Kier molecular flexibility index (Phi) is 4.65. The largest absolute Gasteiger partial charge is 0.494 e. The third kappa shape index (κ3) is 3.88. The lowest BCUT2D eigenvalue weighted by Crippen LogP contribution is -2.04. The van der Waals surface area contributed by atoms with E-state index >= 15 is 0 Å². The van der Waals surface area contributed by atoms with E-state index in [2.05, 4.69) is 15.3 Å². The molecule has 1 aromatic carbocycles. The molecule has 0 amide bonds. The van der Waals surface area contributed by atoms with Gasteiger partial charge in [-0.05, 0) is 26.0 Å². The maximum absolute atomic E-state index is 5.66. The van der Waals surface area contributed by atoms with Gasteiger partial charge < -0.3 is 26.3 Å². The molecular weight excluding hydrogens is 270 g/mol. The number of nitrogens with zero attached hydrogens (tertiary/aromatic N) is 2. The monoisotopic (exact) mass is 289 g/mol. The van der Waals surface area contributed by atoms with E-state index in [-0.39, 0.29) is 5.95 Å². The average Bonchev–Trinajstić information content (AvgIpc) is 2.41. The maximum Gasteiger partial charge on any atom is 0.223 e. The molecule has 0 aliphatic heterocycles. The number of hydrogen-bond acceptors (Lipinski definition) is 7. The van der Waals surface area contributed by atoms with Crippen LogP contribution in [0.1, 0.15) is 13.8 Å². The molecule has 21 heavy (non-hydrogen) atoms. The van der Waals surface area contributed by atoms with E-state index in [4.69, 9.17) is 20.9 Å². The Labute approximate surface area is 123 Å². The minimum atomic E-state index is 0.108. The van der Waals surface area contributed by atoms with E-state index in [0.717, 1.165) is 11.4 Å². The first-order chi connectivity index (χ1) is 10.1. The molecule has 0 saturated heterocycles. The van der Waals surface area contributed by atoms with Crippen LogP contribution in [0.5, 0.6) is 11.5 Å². The summed E-state index contributed by atoms with van der Waals surface area (Å²) < 4.78 is 11.1. The molecule has 0 unspecified atom stereocenters. The van der Waals surface area contributed by atoms with Crippen molar-refractivity contribution in [1.82, 2.24) is 9.97 Å². The van der Waals surface area contributed by atoms with Crippen molar-refractivity contribution >= 4 is 23.3 Å². The summed E-state index contributed by atoms with van der Waals surface area (Å²) in [5.41, 5.74) is 12.0. The number of aromatic nitrogens is 2. The summed E-state index contributed by atoms with van der Waals surface area (Å²) >= 11 is 0. The molecule has 0 fully saturated rings. The van der Waals surface area contributed by atoms with Gasteiger partial charge >= 0.3 is 0 Å². The minimum Gasteiger partial charge on any atom is -0.494 e. The van der Waals surface area contributed by atoms with Crippen molar-refractivity contribution in [3.05, 3.63) is 24.3 Å². The zero-order chi connectivity index (χ0) is 15.2. The third-order valence-electron chi connectivity index (χ3n) is 2.59. The topological polar surface area (TPSA) is 108 Å². The van der Waals surface area contributed by atoms with Gasteiger partial charge in [0, 0.05) is 12.1 Å². The normalized spacial score (nSPS) is 10.2. The number of nitrogens with two attached hydrogens (primary N) is 2. The average molecular weight is 289 g/mol. The lowest BCUT2D eigenvalue weighted by atomic mass is 10.2. The second kappa shape index (κ2) is 6.65. The van der Waals surface area contributed by atoms with Crippen LogP contribution in [0, 0.1) is 0 Å². The zero-order valence-electron chi connectivity index (χ0n) is 12.1. The van der Waals surface area contributed by atoms with Gasteiger partial charge in [0.25, 0.3) is 0 Å². The van der Waals surface area contributed by atoms with E-state index in [0.29, 0.717) is 30.6 Å². The summed E-state index contributed by atoms with van der Waals surface area (Å²) in [4.78, 5) is 7.92. The number of ether oxygens (including phenoxy) is 2. The molecule has 7 heteroatoms. The van der Waals surface area contributed by atoms with Crippen LogP contribution in [0.4, 0.5) is 23.3 Å². The molecule has 0 spiro atoms. The summed E-state index contributed by atoms with van der Waals surface area (Å²) in [5, 5.41) is 3.12. The fourth-order valence-electron chi connectivity index (χ4n) is 1.83. The Morgan fingerprint density at radius 1 is 1.05 bits per heavy atom. The summed E-state index contributed by atoms with van der Waals surface area (Å²) in [6.45, 7) is 4.98. The number of anilines is 4. The molecule has 0 saturated carbocycles. The van der Waals surface area contributed by atoms with Crippen LogP contribution < -0.4 is 26.3 Å². The van der Waals surface area contributed by atoms with Crippen molar-refractivity contribution in [1.29, 1.82) is 0 Å². The summed E-state index contributed by atoms with van der Waals surface area (Å²) in [7, 11) is 0. The molecule has 7 nitrogen and oxygen atoms in total. The first-order valence-corrected chi connectivity index (χ1v) is 6.69. The van der Waals surface area contributed by atoms with E-state index in [1.54, 1.807) is 6.07 Å². The summed E-state index contributed by atoms with van der Waals surface area (Å²) in [5.74, 6) is 2.32. The molecule has 2 rings (SSSR count). The number of hydrogen-bond donors (Lipinski definition) is 3. The molecule has 0 radical (unpaired) electrons. The molecule has 0 aliphatic carbocycles. The quantitative estimate of drug-likeness (QED) is 0.747. The van der Waals surface area contributed by atoms with Crippen molar-refractivity contribution < 1.29 is 9.47 Å². The highest BCUT2D eigenvalue weighted by Crippen LogP contribution is 2.31. The number of nitrogens with one attached hydrogen (secondary N) is 1. The third-order valence-corrected chi connectivity index (χ3v) is 2.59. The van der Waals surface area contributed by atoms with Crippen LogP contribution in [0.2, 0.25) is 0 Å². The number of benzene rings is 1. The van der Waals surface area contributed by atoms with Gasteiger partial charge in [-0.2, -0.15) is 9.97 Å². The lowest BCUT2D eigenvalue weighted by Gasteiger charge is -2.14. The van der Waals surface area contributed by atoms with E-state index in [1.165, 1.54) is 0 Å². The van der Waals surface area contributed by atoms with Gasteiger partial charge in [-0.25, -0.2) is 0 Å². The Bertz CT molecular complexity index is 598. The SMILES string of the molecule is CCOc1ccc(OCC)c(Nc2cc(N)nc(N)n2)c1. The van der Waals surface area contributed by atoms with Crippen LogP contribution >= 0.6 is 0 Å². The van der Waals surface area contributed by atoms with Crippen molar-refractivity contribution in [3.63, 3.8) is 0 Å². The Hall–Kier alpha value is -2.70. The van der Waals surface area contributed by atoms with Gasteiger partial charge in [0.15, 0.2) is 0 Å². The van der Waals surface area contributed by atoms with E-state index in [9.17, 15) is 0 Å².